The van der Waals surface area contributed by atoms with Crippen LogP contribution < -0.4 is 0 Å². The Bertz CT molecular complexity index is 293. The summed E-state index contributed by atoms with van der Waals surface area (Å²) in [5.74, 6) is -0.735. The Morgan fingerprint density at radius 2 is 1.88 bits per heavy atom. The first-order chi connectivity index (χ1) is 7.91. The highest BCUT2D eigenvalue weighted by Crippen LogP contribution is 2.27. The highest BCUT2D eigenvalue weighted by atomic mass is 16.5. The van der Waals surface area contributed by atoms with Crippen molar-refractivity contribution in [2.24, 2.45) is 5.92 Å². The fourth-order valence-electron chi connectivity index (χ4n) is 2.14. The van der Waals surface area contributed by atoms with Gasteiger partial charge in [0.25, 0.3) is 0 Å². The molecule has 5 nitrogen and oxygen atoms in total. The molecule has 5 heteroatoms. The summed E-state index contributed by atoms with van der Waals surface area (Å²) in [5, 5.41) is 8.53. The van der Waals surface area contributed by atoms with E-state index in [2.05, 4.69) is 0 Å². The largest absolute Gasteiger partial charge is 0.480 e. The molecule has 1 N–H and O–H groups in total. The van der Waals surface area contributed by atoms with E-state index in [1.54, 1.807) is 4.90 Å². The lowest BCUT2D eigenvalue weighted by Gasteiger charge is -2.48. The maximum Gasteiger partial charge on any atom is 0.329 e. The van der Waals surface area contributed by atoms with Crippen LogP contribution in [0.2, 0.25) is 0 Å². The standard InChI is InChI=1S/C12H21NO4/c1-4-9(5-2)11(16)13-7-12(3,8-13)17-6-10(14)15/h9H,4-8H2,1-3H3,(H,14,15). The van der Waals surface area contributed by atoms with Crippen LogP contribution in [0.5, 0.6) is 0 Å². The first-order valence-corrected chi connectivity index (χ1v) is 6.06. The number of hydrogen-bond acceptors (Lipinski definition) is 3. The Morgan fingerprint density at radius 3 is 2.29 bits per heavy atom. The van der Waals surface area contributed by atoms with Crippen LogP contribution in [0.1, 0.15) is 33.6 Å². The number of ether oxygens (including phenoxy) is 1. The van der Waals surface area contributed by atoms with Crippen LogP contribution >= 0.6 is 0 Å². The van der Waals surface area contributed by atoms with Crippen LogP contribution in [-0.4, -0.2) is 47.2 Å². The van der Waals surface area contributed by atoms with Crippen molar-refractivity contribution >= 4 is 11.9 Å². The molecular weight excluding hydrogens is 222 g/mol. The maximum absolute atomic E-state index is 12.0. The normalized spacial score (nSPS) is 18.0. The molecule has 1 aliphatic rings. The summed E-state index contributed by atoms with van der Waals surface area (Å²) in [6.07, 6.45) is 1.69. The summed E-state index contributed by atoms with van der Waals surface area (Å²) in [7, 11) is 0. The van der Waals surface area contributed by atoms with Crippen molar-refractivity contribution in [1.82, 2.24) is 4.90 Å². The molecule has 1 aliphatic heterocycles. The molecule has 0 bridgehead atoms. The van der Waals surface area contributed by atoms with Crippen molar-refractivity contribution in [2.75, 3.05) is 19.7 Å². The molecular formula is C12H21NO4. The topological polar surface area (TPSA) is 66.8 Å². The number of amides is 1. The van der Waals surface area contributed by atoms with Gasteiger partial charge in [-0.25, -0.2) is 4.79 Å². The molecule has 98 valence electrons. The Labute approximate surface area is 102 Å². The molecule has 1 fully saturated rings. The fourth-order valence-corrected chi connectivity index (χ4v) is 2.14. The van der Waals surface area contributed by atoms with Crippen LogP contribution in [0.25, 0.3) is 0 Å². The van der Waals surface area contributed by atoms with Gasteiger partial charge in [0.15, 0.2) is 0 Å². The van der Waals surface area contributed by atoms with Crippen molar-refractivity contribution in [3.63, 3.8) is 0 Å². The number of carboxylic acid groups (broad SMARTS) is 1. The van der Waals surface area contributed by atoms with Crippen LogP contribution in [0.15, 0.2) is 0 Å². The minimum absolute atomic E-state index is 0.0824. The number of rotatable bonds is 6. The average molecular weight is 243 g/mol. The second kappa shape index (κ2) is 5.49. The summed E-state index contributed by atoms with van der Waals surface area (Å²) >= 11 is 0. The molecule has 0 aromatic rings. The van der Waals surface area contributed by atoms with E-state index in [4.69, 9.17) is 9.84 Å². The van der Waals surface area contributed by atoms with Crippen LogP contribution in [0.4, 0.5) is 0 Å². The van der Waals surface area contributed by atoms with E-state index in [1.807, 2.05) is 20.8 Å². The lowest BCUT2D eigenvalue weighted by atomic mass is 9.92. The zero-order valence-corrected chi connectivity index (χ0v) is 10.7. The van der Waals surface area contributed by atoms with Gasteiger partial charge >= 0.3 is 5.97 Å². The van der Waals surface area contributed by atoms with E-state index in [9.17, 15) is 9.59 Å². The molecule has 0 spiro atoms. The Balaban J connectivity index is 2.39. The third kappa shape index (κ3) is 3.43. The predicted molar refractivity (Wildman–Crippen MR) is 62.6 cm³/mol. The Kier molecular flexibility index (Phi) is 4.51. The zero-order chi connectivity index (χ0) is 13.1. The zero-order valence-electron chi connectivity index (χ0n) is 10.7. The number of likely N-dealkylation sites (tertiary alicyclic amines) is 1. The van der Waals surface area contributed by atoms with Gasteiger partial charge in [0.2, 0.25) is 5.91 Å². The lowest BCUT2D eigenvalue weighted by molar-refractivity contribution is -0.175. The first kappa shape index (κ1) is 14.0. The molecule has 0 aliphatic carbocycles. The van der Waals surface area contributed by atoms with Gasteiger partial charge in [-0.05, 0) is 19.8 Å². The van der Waals surface area contributed by atoms with Gasteiger partial charge in [0.05, 0.1) is 13.1 Å². The molecule has 0 atom stereocenters. The SMILES string of the molecule is CCC(CC)C(=O)N1CC(C)(OCC(=O)O)C1. The van der Waals surface area contributed by atoms with Crippen LogP contribution in [0.3, 0.4) is 0 Å². The second-order valence-corrected chi connectivity index (χ2v) is 4.84. The average Bonchev–Trinajstić information content (AvgIpc) is 2.24. The van der Waals surface area contributed by atoms with Gasteiger partial charge < -0.3 is 14.7 Å². The van der Waals surface area contributed by atoms with E-state index in [0.29, 0.717) is 13.1 Å². The summed E-state index contributed by atoms with van der Waals surface area (Å²) in [6.45, 7) is 6.54. The van der Waals surface area contributed by atoms with Gasteiger partial charge in [-0.3, -0.25) is 4.79 Å². The predicted octanol–water partition coefficient (Wildman–Crippen LogP) is 1.12. The number of aliphatic carboxylic acids is 1. The van der Waals surface area contributed by atoms with E-state index in [1.165, 1.54) is 0 Å². The van der Waals surface area contributed by atoms with Gasteiger partial charge in [-0.1, -0.05) is 13.8 Å². The van der Waals surface area contributed by atoms with Crippen molar-refractivity contribution in [3.8, 4) is 0 Å². The van der Waals surface area contributed by atoms with Crippen molar-refractivity contribution in [1.29, 1.82) is 0 Å². The van der Waals surface area contributed by atoms with Crippen LogP contribution in [-0.2, 0) is 14.3 Å². The summed E-state index contributed by atoms with van der Waals surface area (Å²) in [6, 6.07) is 0. The third-order valence-corrected chi connectivity index (χ3v) is 3.24. The Hall–Kier alpha value is -1.10. The number of nitrogens with zero attached hydrogens (tertiary/aromatic N) is 1. The van der Waals surface area contributed by atoms with Crippen molar-refractivity contribution in [2.45, 2.75) is 39.2 Å². The molecule has 0 unspecified atom stereocenters. The fraction of sp³-hybridized carbons (Fsp3) is 0.833. The van der Waals surface area contributed by atoms with E-state index < -0.39 is 11.6 Å². The first-order valence-electron chi connectivity index (χ1n) is 6.06. The van der Waals surface area contributed by atoms with E-state index in [0.717, 1.165) is 12.8 Å². The molecule has 0 aromatic heterocycles. The van der Waals surface area contributed by atoms with Gasteiger partial charge in [0, 0.05) is 5.92 Å². The number of carbonyl (C=O) groups excluding carboxylic acids is 1. The van der Waals surface area contributed by atoms with Gasteiger partial charge in [-0.2, -0.15) is 0 Å². The number of hydrogen-bond donors (Lipinski definition) is 1. The van der Waals surface area contributed by atoms with Crippen LogP contribution in [0, 0.1) is 5.92 Å². The quantitative estimate of drug-likeness (QED) is 0.759. The molecule has 1 saturated heterocycles. The molecule has 1 rings (SSSR count). The monoisotopic (exact) mass is 243 g/mol. The third-order valence-electron chi connectivity index (χ3n) is 3.24. The molecule has 0 aromatic carbocycles. The smallest absolute Gasteiger partial charge is 0.329 e. The minimum Gasteiger partial charge on any atom is -0.480 e. The summed E-state index contributed by atoms with van der Waals surface area (Å²) in [5.41, 5.74) is -0.486. The summed E-state index contributed by atoms with van der Waals surface area (Å²) < 4.78 is 5.26. The van der Waals surface area contributed by atoms with Crippen molar-refractivity contribution in [3.05, 3.63) is 0 Å². The van der Waals surface area contributed by atoms with E-state index >= 15 is 0 Å². The minimum atomic E-state index is -0.976. The lowest BCUT2D eigenvalue weighted by Crippen LogP contribution is -2.64. The molecule has 1 amide bonds. The maximum atomic E-state index is 12.0. The molecule has 1 heterocycles. The molecule has 17 heavy (non-hydrogen) atoms. The number of carboxylic acids is 1. The molecule has 0 saturated carbocycles. The molecule has 0 radical (unpaired) electrons. The van der Waals surface area contributed by atoms with E-state index in [-0.39, 0.29) is 18.4 Å². The summed E-state index contributed by atoms with van der Waals surface area (Å²) in [4.78, 5) is 24.1. The van der Waals surface area contributed by atoms with Crippen molar-refractivity contribution < 1.29 is 19.4 Å². The van der Waals surface area contributed by atoms with Gasteiger partial charge in [-0.15, -0.1) is 0 Å². The highest BCUT2D eigenvalue weighted by Gasteiger charge is 2.43. The van der Waals surface area contributed by atoms with Gasteiger partial charge in [0.1, 0.15) is 12.2 Å². The second-order valence-electron chi connectivity index (χ2n) is 4.84. The Morgan fingerprint density at radius 1 is 1.35 bits per heavy atom. The number of carbonyl (C=O) groups is 2. The highest BCUT2D eigenvalue weighted by molar-refractivity contribution is 5.80.